The summed E-state index contributed by atoms with van der Waals surface area (Å²) in [6.07, 6.45) is 3.13. The number of hydrogen-bond acceptors (Lipinski definition) is 5. The Bertz CT molecular complexity index is 1250. The third-order valence-corrected chi connectivity index (χ3v) is 4.88. The van der Waals surface area contributed by atoms with Crippen molar-refractivity contribution in [1.82, 2.24) is 10.3 Å². The molecule has 2 aromatic carbocycles. The molecule has 0 aliphatic carbocycles. The zero-order chi connectivity index (χ0) is 21.8. The van der Waals surface area contributed by atoms with Gasteiger partial charge < -0.3 is 19.8 Å². The molecule has 7 heteroatoms. The minimum absolute atomic E-state index is 0.224. The van der Waals surface area contributed by atoms with Gasteiger partial charge in [-0.2, -0.15) is 0 Å². The Morgan fingerprint density at radius 2 is 1.84 bits per heavy atom. The third-order valence-electron chi connectivity index (χ3n) is 4.88. The molecule has 2 aromatic heterocycles. The maximum absolute atomic E-state index is 12.9. The Morgan fingerprint density at radius 3 is 2.61 bits per heavy atom. The van der Waals surface area contributed by atoms with Gasteiger partial charge in [0.25, 0.3) is 11.8 Å². The monoisotopic (exact) mass is 415 g/mol. The van der Waals surface area contributed by atoms with E-state index >= 15 is 0 Å². The number of pyridine rings is 1. The quantitative estimate of drug-likeness (QED) is 0.489. The minimum atomic E-state index is -0.240. The molecule has 0 atom stereocenters. The van der Waals surface area contributed by atoms with Crippen molar-refractivity contribution >= 4 is 28.5 Å². The van der Waals surface area contributed by atoms with Crippen LogP contribution in [0.2, 0.25) is 0 Å². The summed E-state index contributed by atoms with van der Waals surface area (Å²) in [7, 11) is 1.58. The van der Waals surface area contributed by atoms with Gasteiger partial charge in [0.15, 0.2) is 0 Å². The molecule has 4 aromatic rings. The second-order valence-corrected chi connectivity index (χ2v) is 6.97. The van der Waals surface area contributed by atoms with Crippen LogP contribution >= 0.6 is 0 Å². The average molecular weight is 415 g/mol. The second kappa shape index (κ2) is 8.71. The van der Waals surface area contributed by atoms with E-state index < -0.39 is 0 Å². The molecule has 0 aliphatic rings. The van der Waals surface area contributed by atoms with E-state index in [-0.39, 0.29) is 11.8 Å². The molecular weight excluding hydrogens is 394 g/mol. The lowest BCUT2D eigenvalue weighted by atomic mass is 10.1. The topological polar surface area (TPSA) is 93.5 Å². The second-order valence-electron chi connectivity index (χ2n) is 6.97. The van der Waals surface area contributed by atoms with E-state index in [1.54, 1.807) is 62.8 Å². The van der Waals surface area contributed by atoms with Crippen LogP contribution in [0, 0.1) is 6.92 Å². The minimum Gasteiger partial charge on any atom is -0.497 e. The Hall–Kier alpha value is -4.13. The number of amides is 2. The molecule has 156 valence electrons. The molecule has 2 heterocycles. The smallest absolute Gasteiger partial charge is 0.255 e. The Kier molecular flexibility index (Phi) is 5.66. The number of ether oxygens (including phenoxy) is 1. The zero-order valence-electron chi connectivity index (χ0n) is 17.1. The highest BCUT2D eigenvalue weighted by atomic mass is 16.5. The molecule has 0 spiro atoms. The van der Waals surface area contributed by atoms with Gasteiger partial charge in [0, 0.05) is 35.6 Å². The van der Waals surface area contributed by atoms with Crippen LogP contribution in [0.1, 0.15) is 32.0 Å². The fraction of sp³-hybridized carbons (Fsp3) is 0.125. The number of carbonyl (C=O) groups is 2. The Labute approximate surface area is 179 Å². The fourth-order valence-corrected chi connectivity index (χ4v) is 3.34. The SMILES string of the molecule is COc1ccc2oc(C)c(C(=O)NCc3cccc(NC(=O)c4ccncc4)c3)c2c1. The molecule has 7 nitrogen and oxygen atoms in total. The van der Waals surface area contributed by atoms with Gasteiger partial charge in [-0.1, -0.05) is 12.1 Å². The number of methoxy groups -OCH3 is 1. The highest BCUT2D eigenvalue weighted by Gasteiger charge is 2.18. The van der Waals surface area contributed by atoms with Gasteiger partial charge in [0.1, 0.15) is 17.1 Å². The molecule has 31 heavy (non-hydrogen) atoms. The molecule has 2 amide bonds. The lowest BCUT2D eigenvalue weighted by Gasteiger charge is -2.09. The van der Waals surface area contributed by atoms with Crippen molar-refractivity contribution in [3.63, 3.8) is 0 Å². The molecule has 0 saturated carbocycles. The predicted octanol–water partition coefficient (Wildman–Crippen LogP) is 4.33. The molecule has 0 unspecified atom stereocenters. The van der Waals surface area contributed by atoms with Gasteiger partial charge in [-0.15, -0.1) is 0 Å². The van der Waals surface area contributed by atoms with E-state index in [4.69, 9.17) is 9.15 Å². The fourth-order valence-electron chi connectivity index (χ4n) is 3.34. The first-order chi connectivity index (χ1) is 15.0. The molecule has 0 radical (unpaired) electrons. The van der Waals surface area contributed by atoms with Crippen molar-refractivity contribution in [2.24, 2.45) is 0 Å². The summed E-state index contributed by atoms with van der Waals surface area (Å²) in [5.74, 6) is 0.729. The van der Waals surface area contributed by atoms with Crippen molar-refractivity contribution in [1.29, 1.82) is 0 Å². The normalized spacial score (nSPS) is 10.6. The number of rotatable bonds is 6. The van der Waals surface area contributed by atoms with E-state index in [2.05, 4.69) is 15.6 Å². The van der Waals surface area contributed by atoms with Crippen molar-refractivity contribution in [2.45, 2.75) is 13.5 Å². The van der Waals surface area contributed by atoms with Crippen molar-refractivity contribution in [2.75, 3.05) is 12.4 Å². The summed E-state index contributed by atoms with van der Waals surface area (Å²) in [6, 6.07) is 16.0. The number of furan rings is 1. The lowest BCUT2D eigenvalue weighted by molar-refractivity contribution is 0.0949. The van der Waals surface area contributed by atoms with Crippen molar-refractivity contribution in [3.8, 4) is 5.75 Å². The number of nitrogens with zero attached hydrogens (tertiary/aromatic N) is 1. The number of aryl methyl sites for hydroxylation is 1. The first-order valence-electron chi connectivity index (χ1n) is 9.71. The number of hydrogen-bond donors (Lipinski definition) is 2. The summed E-state index contributed by atoms with van der Waals surface area (Å²) in [6.45, 7) is 2.06. The van der Waals surface area contributed by atoms with Crippen LogP contribution < -0.4 is 15.4 Å². The van der Waals surface area contributed by atoms with Crippen LogP contribution in [0.15, 0.2) is 71.4 Å². The van der Waals surface area contributed by atoms with Gasteiger partial charge >= 0.3 is 0 Å². The molecular formula is C24H21N3O4. The molecule has 2 N–H and O–H groups in total. The summed E-state index contributed by atoms with van der Waals surface area (Å²) < 4.78 is 11.0. The number of fused-ring (bicyclic) bond motifs is 1. The molecule has 0 saturated heterocycles. The van der Waals surface area contributed by atoms with Gasteiger partial charge in [-0.25, -0.2) is 0 Å². The van der Waals surface area contributed by atoms with Gasteiger partial charge in [-0.3, -0.25) is 14.6 Å². The number of anilines is 1. The molecule has 0 bridgehead atoms. The predicted molar refractivity (Wildman–Crippen MR) is 117 cm³/mol. The molecule has 0 fully saturated rings. The lowest BCUT2D eigenvalue weighted by Crippen LogP contribution is -2.23. The Morgan fingerprint density at radius 1 is 1.03 bits per heavy atom. The van der Waals surface area contributed by atoms with E-state index in [1.165, 1.54) is 0 Å². The Balaban J connectivity index is 1.47. The zero-order valence-corrected chi connectivity index (χ0v) is 17.1. The molecule has 0 aliphatic heterocycles. The highest BCUT2D eigenvalue weighted by molar-refractivity contribution is 6.07. The van der Waals surface area contributed by atoms with E-state index in [0.717, 1.165) is 5.56 Å². The van der Waals surface area contributed by atoms with Gasteiger partial charge in [-0.05, 0) is 55.0 Å². The highest BCUT2D eigenvalue weighted by Crippen LogP contribution is 2.29. The van der Waals surface area contributed by atoms with Crippen molar-refractivity contribution < 1.29 is 18.7 Å². The standard InChI is InChI=1S/C24H21N3O4/c1-15-22(20-13-19(30-2)6-7-21(20)31-15)24(29)26-14-16-4-3-5-18(12-16)27-23(28)17-8-10-25-11-9-17/h3-13H,14H2,1-2H3,(H,26,29)(H,27,28). The van der Waals surface area contributed by atoms with Crippen LogP contribution in [0.5, 0.6) is 5.75 Å². The third kappa shape index (κ3) is 4.40. The summed E-state index contributed by atoms with van der Waals surface area (Å²) in [5, 5.41) is 6.48. The number of nitrogens with one attached hydrogen (secondary N) is 2. The van der Waals surface area contributed by atoms with Crippen LogP contribution in [0.25, 0.3) is 11.0 Å². The van der Waals surface area contributed by atoms with Crippen LogP contribution in [0.4, 0.5) is 5.69 Å². The van der Waals surface area contributed by atoms with E-state index in [0.29, 0.717) is 45.8 Å². The maximum atomic E-state index is 12.9. The molecule has 4 rings (SSSR count). The largest absolute Gasteiger partial charge is 0.497 e. The number of aromatic nitrogens is 1. The first-order valence-corrected chi connectivity index (χ1v) is 9.71. The average Bonchev–Trinajstić information content (AvgIpc) is 3.13. The van der Waals surface area contributed by atoms with E-state index in [1.807, 2.05) is 18.2 Å². The maximum Gasteiger partial charge on any atom is 0.255 e. The van der Waals surface area contributed by atoms with Crippen LogP contribution in [-0.2, 0) is 6.54 Å². The summed E-state index contributed by atoms with van der Waals surface area (Å²) in [5.41, 5.74) is 3.12. The number of benzene rings is 2. The van der Waals surface area contributed by atoms with Crippen LogP contribution in [-0.4, -0.2) is 23.9 Å². The van der Waals surface area contributed by atoms with Gasteiger partial charge in [0.2, 0.25) is 0 Å². The van der Waals surface area contributed by atoms with E-state index in [9.17, 15) is 9.59 Å². The van der Waals surface area contributed by atoms with Crippen molar-refractivity contribution in [3.05, 3.63) is 89.4 Å². The number of carbonyl (C=O) groups excluding carboxylic acids is 2. The van der Waals surface area contributed by atoms with Gasteiger partial charge in [0.05, 0.1) is 12.7 Å². The summed E-state index contributed by atoms with van der Waals surface area (Å²) >= 11 is 0. The first kappa shape index (κ1) is 20.2. The van der Waals surface area contributed by atoms with Crippen LogP contribution in [0.3, 0.4) is 0 Å². The summed E-state index contributed by atoms with van der Waals surface area (Å²) in [4.78, 5) is 29.1.